The number of halogens is 3. The number of anilines is 3. The molecule has 7 nitrogen and oxygen atoms in total. The molecule has 0 unspecified atom stereocenters. The number of ether oxygens (including phenoxy) is 1. The number of hydrogen-bond acceptors (Lipinski definition) is 6. The molecule has 2 aromatic carbocycles. The van der Waals surface area contributed by atoms with Crippen LogP contribution >= 0.6 is 0 Å². The summed E-state index contributed by atoms with van der Waals surface area (Å²) in [6, 6.07) is 11.9. The van der Waals surface area contributed by atoms with Crippen LogP contribution in [0.3, 0.4) is 0 Å². The minimum atomic E-state index is -4.81. The second-order valence-electron chi connectivity index (χ2n) is 8.63. The third-order valence-electron chi connectivity index (χ3n) is 6.14. The van der Waals surface area contributed by atoms with Gasteiger partial charge in [-0.25, -0.2) is 5.01 Å². The van der Waals surface area contributed by atoms with E-state index >= 15 is 0 Å². The maximum Gasteiger partial charge on any atom is 0.573 e. The molecule has 1 saturated heterocycles. The molecule has 182 valence electrons. The fraction of sp³-hybridized carbons (Fsp3) is 0.417. The number of carbonyl (C=O) groups excluding carboxylic acids is 1. The second kappa shape index (κ2) is 9.54. The van der Waals surface area contributed by atoms with Crippen molar-refractivity contribution in [2.75, 3.05) is 50.2 Å². The van der Waals surface area contributed by atoms with Gasteiger partial charge >= 0.3 is 6.36 Å². The van der Waals surface area contributed by atoms with E-state index in [-0.39, 0.29) is 17.6 Å². The molecule has 0 bridgehead atoms. The van der Waals surface area contributed by atoms with E-state index in [1.165, 1.54) is 24.2 Å². The van der Waals surface area contributed by atoms with Gasteiger partial charge in [0.1, 0.15) is 11.5 Å². The van der Waals surface area contributed by atoms with Gasteiger partial charge < -0.3 is 19.9 Å². The third-order valence-corrected chi connectivity index (χ3v) is 6.14. The Morgan fingerprint density at radius 3 is 2.32 bits per heavy atom. The lowest BCUT2D eigenvalue weighted by molar-refractivity contribution is -0.274. The normalized spacial score (nSPS) is 19.2. The number of amides is 1. The Kier molecular flexibility index (Phi) is 6.70. The van der Waals surface area contributed by atoms with Crippen LogP contribution in [0.4, 0.5) is 30.2 Å². The average molecular weight is 476 g/mol. The van der Waals surface area contributed by atoms with Crippen molar-refractivity contribution >= 4 is 28.7 Å². The molecule has 1 atom stereocenters. The van der Waals surface area contributed by atoms with Crippen LogP contribution in [0, 0.1) is 5.92 Å². The number of fused-ring (bicyclic) bond motifs is 1. The molecule has 0 spiro atoms. The number of alkyl halides is 3. The summed E-state index contributed by atoms with van der Waals surface area (Å²) in [5.74, 6) is -0.898. The fourth-order valence-electron chi connectivity index (χ4n) is 4.26. The molecule has 2 heterocycles. The molecule has 2 aromatic rings. The van der Waals surface area contributed by atoms with Crippen LogP contribution in [0.15, 0.2) is 47.6 Å². The first-order chi connectivity index (χ1) is 16.1. The van der Waals surface area contributed by atoms with Crippen LogP contribution in [0.5, 0.6) is 5.75 Å². The molecule has 10 heteroatoms. The van der Waals surface area contributed by atoms with Gasteiger partial charge in [-0.15, -0.1) is 13.2 Å². The number of likely N-dealkylation sites (N-methyl/N-ethyl adjacent to an activating group) is 1. The zero-order chi connectivity index (χ0) is 24.5. The Balaban J connectivity index is 1.74. The van der Waals surface area contributed by atoms with E-state index < -0.39 is 6.36 Å². The number of nitrogens with one attached hydrogen (secondary N) is 1. The Hall–Kier alpha value is -3.27. The van der Waals surface area contributed by atoms with Gasteiger partial charge in [-0.2, -0.15) is 5.10 Å². The molecule has 1 amide bonds. The summed E-state index contributed by atoms with van der Waals surface area (Å²) >= 11 is 0. The standard InChI is InChI=1S/C24H28F3N5O2/c1-16-14-17-4-9-20(34-24(25,26)27)15-21(17)32(29-22(16)23(33)28-2)19-7-5-18(6-8-19)31-12-10-30(3)11-13-31/h4-9,15-16H,10-14H2,1-3H3,(H,28,33)/t16-/m1/s1. The molecule has 4 rings (SSSR count). The van der Waals surface area contributed by atoms with Crippen LogP contribution in [-0.2, 0) is 11.2 Å². The van der Waals surface area contributed by atoms with E-state index in [4.69, 9.17) is 0 Å². The van der Waals surface area contributed by atoms with Crippen molar-refractivity contribution in [1.82, 2.24) is 10.2 Å². The fourth-order valence-corrected chi connectivity index (χ4v) is 4.26. The van der Waals surface area contributed by atoms with Crippen molar-refractivity contribution < 1.29 is 22.7 Å². The SMILES string of the molecule is CNC(=O)C1=NN(c2ccc(N3CCN(C)CC3)cc2)c2cc(OC(F)(F)F)ccc2C[C@H]1C. The summed E-state index contributed by atoms with van der Waals surface area (Å²) in [6.07, 6.45) is -4.36. The van der Waals surface area contributed by atoms with Gasteiger partial charge in [0.2, 0.25) is 0 Å². The maximum atomic E-state index is 12.9. The summed E-state index contributed by atoms with van der Waals surface area (Å²) < 4.78 is 42.8. The maximum absolute atomic E-state index is 12.9. The lowest BCUT2D eigenvalue weighted by Gasteiger charge is -2.34. The highest BCUT2D eigenvalue weighted by Gasteiger charge is 2.33. The average Bonchev–Trinajstić information content (AvgIpc) is 2.94. The van der Waals surface area contributed by atoms with Gasteiger partial charge in [0, 0.05) is 50.9 Å². The summed E-state index contributed by atoms with van der Waals surface area (Å²) in [6.45, 7) is 5.65. The van der Waals surface area contributed by atoms with Crippen LogP contribution in [0.1, 0.15) is 12.5 Å². The molecule has 0 aromatic heterocycles. The van der Waals surface area contributed by atoms with Crippen molar-refractivity contribution in [1.29, 1.82) is 0 Å². The van der Waals surface area contributed by atoms with E-state index in [0.717, 1.165) is 37.4 Å². The number of rotatable bonds is 4. The second-order valence-corrected chi connectivity index (χ2v) is 8.63. The van der Waals surface area contributed by atoms with Gasteiger partial charge in [0.15, 0.2) is 0 Å². The first kappa shape index (κ1) is 23.9. The topological polar surface area (TPSA) is 60.4 Å². The third kappa shape index (κ3) is 5.27. The van der Waals surface area contributed by atoms with Gasteiger partial charge in [-0.1, -0.05) is 13.0 Å². The molecular weight excluding hydrogens is 447 g/mol. The Bertz CT molecular complexity index is 1060. The van der Waals surface area contributed by atoms with Crippen LogP contribution in [0.25, 0.3) is 0 Å². The number of nitrogens with zero attached hydrogens (tertiary/aromatic N) is 4. The van der Waals surface area contributed by atoms with Crippen LogP contribution in [-0.4, -0.2) is 63.2 Å². The summed E-state index contributed by atoms with van der Waals surface area (Å²) in [7, 11) is 3.62. The molecule has 2 aliphatic heterocycles. The van der Waals surface area contributed by atoms with Gasteiger partial charge in [0.25, 0.3) is 5.91 Å². The first-order valence-corrected chi connectivity index (χ1v) is 11.2. The minimum absolute atomic E-state index is 0.234. The van der Waals surface area contributed by atoms with E-state index in [0.29, 0.717) is 23.5 Å². The molecule has 0 radical (unpaired) electrons. The van der Waals surface area contributed by atoms with Gasteiger partial charge in [0.05, 0.1) is 11.4 Å². The first-order valence-electron chi connectivity index (χ1n) is 11.2. The smallest absolute Gasteiger partial charge is 0.406 e. The zero-order valence-corrected chi connectivity index (χ0v) is 19.4. The van der Waals surface area contributed by atoms with Crippen LogP contribution < -0.4 is 20.0 Å². The number of benzene rings is 2. The summed E-state index contributed by atoms with van der Waals surface area (Å²) in [5.41, 5.74) is 3.22. The highest BCUT2D eigenvalue weighted by molar-refractivity contribution is 6.39. The lowest BCUT2D eigenvalue weighted by atomic mass is 9.95. The van der Waals surface area contributed by atoms with E-state index in [1.54, 1.807) is 6.07 Å². The van der Waals surface area contributed by atoms with Crippen molar-refractivity contribution in [3.8, 4) is 5.75 Å². The molecular formula is C24H28F3N5O2. The molecule has 34 heavy (non-hydrogen) atoms. The number of hydrogen-bond donors (Lipinski definition) is 1. The zero-order valence-electron chi connectivity index (χ0n) is 19.4. The predicted octanol–water partition coefficient (Wildman–Crippen LogP) is 3.77. The van der Waals surface area contributed by atoms with Crippen molar-refractivity contribution in [3.05, 3.63) is 48.0 Å². The summed E-state index contributed by atoms with van der Waals surface area (Å²) in [5, 5.41) is 8.75. The predicted molar refractivity (Wildman–Crippen MR) is 126 cm³/mol. The number of hydrazone groups is 1. The number of carbonyl (C=O) groups is 1. The molecule has 0 saturated carbocycles. The largest absolute Gasteiger partial charge is 0.573 e. The summed E-state index contributed by atoms with van der Waals surface area (Å²) in [4.78, 5) is 17.1. The lowest BCUT2D eigenvalue weighted by Crippen LogP contribution is -2.44. The Labute approximate surface area is 196 Å². The van der Waals surface area contributed by atoms with Crippen molar-refractivity contribution in [2.45, 2.75) is 19.7 Å². The minimum Gasteiger partial charge on any atom is -0.406 e. The van der Waals surface area contributed by atoms with Crippen molar-refractivity contribution in [3.63, 3.8) is 0 Å². The van der Waals surface area contributed by atoms with E-state index in [2.05, 4.69) is 32.0 Å². The Morgan fingerprint density at radius 2 is 1.71 bits per heavy atom. The molecule has 0 aliphatic carbocycles. The Morgan fingerprint density at radius 1 is 1.06 bits per heavy atom. The molecule has 1 N–H and O–H groups in total. The highest BCUT2D eigenvalue weighted by atomic mass is 19.4. The monoisotopic (exact) mass is 475 g/mol. The molecule has 1 fully saturated rings. The van der Waals surface area contributed by atoms with Crippen LogP contribution in [0.2, 0.25) is 0 Å². The van der Waals surface area contributed by atoms with Gasteiger partial charge in [-0.05, 0) is 49.4 Å². The van der Waals surface area contributed by atoms with Gasteiger partial charge in [-0.3, -0.25) is 4.79 Å². The number of piperazine rings is 1. The van der Waals surface area contributed by atoms with E-state index in [1.807, 2.05) is 31.2 Å². The van der Waals surface area contributed by atoms with Crippen molar-refractivity contribution in [2.24, 2.45) is 11.0 Å². The van der Waals surface area contributed by atoms with E-state index in [9.17, 15) is 18.0 Å². The molecule has 2 aliphatic rings. The quantitative estimate of drug-likeness (QED) is 0.730. The highest BCUT2D eigenvalue weighted by Crippen LogP contribution is 2.38.